The molecule has 2 saturated heterocycles. The Kier molecular flexibility index (Phi) is 3.07. The van der Waals surface area contributed by atoms with Crippen LogP contribution >= 0.6 is 0 Å². The number of ether oxygens (including phenoxy) is 1. The largest absolute Gasteiger partial charge is 0.550 e. The van der Waals surface area contributed by atoms with Gasteiger partial charge in [0, 0.05) is 12.5 Å². The van der Waals surface area contributed by atoms with Gasteiger partial charge in [0.1, 0.15) is 5.72 Å². The normalized spacial score (nSPS) is 35.9. The summed E-state index contributed by atoms with van der Waals surface area (Å²) in [6, 6.07) is 10.6. The highest BCUT2D eigenvalue weighted by molar-refractivity contribution is 5.64. The molecule has 1 aromatic rings. The van der Waals surface area contributed by atoms with Crippen molar-refractivity contribution in [2.75, 3.05) is 6.54 Å². The molecule has 4 nitrogen and oxygen atoms in total. The first-order valence-electron chi connectivity index (χ1n) is 6.83. The maximum atomic E-state index is 10.6. The van der Waals surface area contributed by atoms with Crippen molar-refractivity contribution in [2.24, 2.45) is 0 Å². The number of nitrogens with zero attached hydrogens (tertiary/aromatic N) is 1. The molecule has 4 atom stereocenters. The van der Waals surface area contributed by atoms with Crippen LogP contribution in [-0.2, 0) is 15.3 Å². The van der Waals surface area contributed by atoms with Gasteiger partial charge in [0.05, 0.1) is 12.1 Å². The molecule has 2 unspecified atom stereocenters. The van der Waals surface area contributed by atoms with E-state index in [1.54, 1.807) is 0 Å². The SMILES string of the molecule is C[C@H]1O[C@](CCCC(=O)[O-])(c2ccccc2)N2CC12. The van der Waals surface area contributed by atoms with Crippen molar-refractivity contribution in [3.05, 3.63) is 35.9 Å². The molecule has 3 rings (SSSR count). The first kappa shape index (κ1) is 12.6. The van der Waals surface area contributed by atoms with E-state index >= 15 is 0 Å². The van der Waals surface area contributed by atoms with Crippen molar-refractivity contribution in [3.63, 3.8) is 0 Å². The lowest BCUT2D eigenvalue weighted by Gasteiger charge is -2.33. The molecule has 0 amide bonds. The van der Waals surface area contributed by atoms with Crippen molar-refractivity contribution in [2.45, 2.75) is 44.1 Å². The lowest BCUT2D eigenvalue weighted by Crippen LogP contribution is -2.36. The summed E-state index contributed by atoms with van der Waals surface area (Å²) in [7, 11) is 0. The number of carbonyl (C=O) groups is 1. The number of carboxylic acid groups (broad SMARTS) is 1. The van der Waals surface area contributed by atoms with Gasteiger partial charge >= 0.3 is 0 Å². The van der Waals surface area contributed by atoms with Gasteiger partial charge in [0.25, 0.3) is 0 Å². The number of benzene rings is 1. The third-order valence-electron chi connectivity index (χ3n) is 4.16. The minimum Gasteiger partial charge on any atom is -0.550 e. The summed E-state index contributed by atoms with van der Waals surface area (Å²) in [5.41, 5.74) is 0.695. The van der Waals surface area contributed by atoms with Crippen LogP contribution in [0.1, 0.15) is 31.7 Å². The van der Waals surface area contributed by atoms with Crippen molar-refractivity contribution >= 4 is 5.97 Å². The summed E-state index contributed by atoms with van der Waals surface area (Å²) in [6.45, 7) is 3.13. The molecule has 102 valence electrons. The van der Waals surface area contributed by atoms with Gasteiger partial charge in [0.15, 0.2) is 0 Å². The Morgan fingerprint density at radius 2 is 2.21 bits per heavy atom. The zero-order valence-electron chi connectivity index (χ0n) is 11.0. The van der Waals surface area contributed by atoms with Crippen LogP contribution in [0.4, 0.5) is 0 Å². The highest BCUT2D eigenvalue weighted by Crippen LogP contribution is 2.51. The molecular formula is C15H18NO3-. The number of hydrogen-bond donors (Lipinski definition) is 0. The molecule has 2 aliphatic rings. The smallest absolute Gasteiger partial charge is 0.148 e. The first-order valence-corrected chi connectivity index (χ1v) is 6.83. The van der Waals surface area contributed by atoms with Crippen molar-refractivity contribution < 1.29 is 14.6 Å². The Bertz CT molecular complexity index is 476. The fourth-order valence-electron chi connectivity index (χ4n) is 3.18. The molecule has 0 aromatic heterocycles. The minimum atomic E-state index is -0.989. The van der Waals surface area contributed by atoms with E-state index in [-0.39, 0.29) is 12.5 Å². The molecule has 0 N–H and O–H groups in total. The van der Waals surface area contributed by atoms with Gasteiger partial charge in [-0.05, 0) is 31.7 Å². The zero-order valence-corrected chi connectivity index (χ0v) is 11.0. The van der Waals surface area contributed by atoms with Crippen LogP contribution in [0, 0.1) is 0 Å². The third-order valence-corrected chi connectivity index (χ3v) is 4.16. The van der Waals surface area contributed by atoms with Crippen LogP contribution in [0.5, 0.6) is 0 Å². The second-order valence-corrected chi connectivity index (χ2v) is 5.42. The van der Waals surface area contributed by atoms with E-state index in [0.717, 1.165) is 12.1 Å². The summed E-state index contributed by atoms with van der Waals surface area (Å²) < 4.78 is 6.19. The van der Waals surface area contributed by atoms with Crippen molar-refractivity contribution in [3.8, 4) is 0 Å². The average Bonchev–Trinajstić information content (AvgIpc) is 3.14. The standard InChI is InChI=1S/C15H19NO3/c1-11-13-10-16(13)15(19-11,9-5-8-14(17)18)12-6-3-2-4-7-12/h2-4,6-7,11,13H,5,8-10H2,1H3,(H,17,18)/p-1/t11-,13?,15-,16?/m1/s1. The summed E-state index contributed by atoms with van der Waals surface area (Å²) >= 11 is 0. The Hall–Kier alpha value is -1.39. The van der Waals surface area contributed by atoms with Crippen molar-refractivity contribution in [1.82, 2.24) is 4.90 Å². The van der Waals surface area contributed by atoms with E-state index in [9.17, 15) is 9.90 Å². The van der Waals surface area contributed by atoms with Crippen LogP contribution in [0.15, 0.2) is 30.3 Å². The van der Waals surface area contributed by atoms with Gasteiger partial charge in [-0.25, -0.2) is 0 Å². The maximum absolute atomic E-state index is 10.6. The zero-order chi connectivity index (χ0) is 13.5. The topological polar surface area (TPSA) is 52.4 Å². The highest BCUT2D eigenvalue weighted by atomic mass is 16.5. The van der Waals surface area contributed by atoms with Gasteiger partial charge in [-0.2, -0.15) is 0 Å². The van der Waals surface area contributed by atoms with Crippen LogP contribution in [0.25, 0.3) is 0 Å². The molecule has 0 radical (unpaired) electrons. The lowest BCUT2D eigenvalue weighted by atomic mass is 9.96. The quantitative estimate of drug-likeness (QED) is 0.737. The van der Waals surface area contributed by atoms with E-state index < -0.39 is 11.7 Å². The van der Waals surface area contributed by atoms with Crippen LogP contribution in [0.2, 0.25) is 0 Å². The Balaban J connectivity index is 1.83. The molecule has 2 fully saturated rings. The third kappa shape index (κ3) is 2.15. The number of fused-ring (bicyclic) bond motifs is 1. The fourth-order valence-corrected chi connectivity index (χ4v) is 3.18. The molecule has 0 bridgehead atoms. The predicted octanol–water partition coefficient (Wildman–Crippen LogP) is 0.863. The summed E-state index contributed by atoms with van der Waals surface area (Å²) in [4.78, 5) is 12.9. The molecule has 0 spiro atoms. The maximum Gasteiger partial charge on any atom is 0.148 e. The predicted molar refractivity (Wildman–Crippen MR) is 68.0 cm³/mol. The van der Waals surface area contributed by atoms with Crippen molar-refractivity contribution in [1.29, 1.82) is 0 Å². The fraction of sp³-hybridized carbons (Fsp3) is 0.533. The first-order chi connectivity index (χ1) is 9.13. The molecular weight excluding hydrogens is 242 g/mol. The molecule has 1 aromatic carbocycles. The second-order valence-electron chi connectivity index (χ2n) is 5.42. The van der Waals surface area contributed by atoms with E-state index in [1.165, 1.54) is 0 Å². The van der Waals surface area contributed by atoms with E-state index in [1.807, 2.05) is 18.2 Å². The van der Waals surface area contributed by atoms with Gasteiger partial charge < -0.3 is 14.6 Å². The van der Waals surface area contributed by atoms with Crippen LogP contribution < -0.4 is 5.11 Å². The van der Waals surface area contributed by atoms with Gasteiger partial charge in [-0.3, -0.25) is 4.90 Å². The molecule has 4 heteroatoms. The average molecular weight is 260 g/mol. The Morgan fingerprint density at radius 1 is 1.47 bits per heavy atom. The monoisotopic (exact) mass is 260 g/mol. The van der Waals surface area contributed by atoms with Gasteiger partial charge in [-0.1, -0.05) is 30.3 Å². The number of carbonyl (C=O) groups excluding carboxylic acids is 1. The summed E-state index contributed by atoms with van der Waals surface area (Å²) in [5.74, 6) is -0.989. The van der Waals surface area contributed by atoms with Crippen LogP contribution in [0.3, 0.4) is 0 Å². The summed E-state index contributed by atoms with van der Waals surface area (Å²) in [5, 5.41) is 10.6. The number of aliphatic carboxylic acids is 1. The van der Waals surface area contributed by atoms with E-state index in [4.69, 9.17) is 4.74 Å². The lowest BCUT2D eigenvalue weighted by molar-refractivity contribution is -0.306. The van der Waals surface area contributed by atoms with E-state index in [0.29, 0.717) is 18.9 Å². The Labute approximate surface area is 113 Å². The minimum absolute atomic E-state index is 0.0881. The second kappa shape index (κ2) is 4.62. The Morgan fingerprint density at radius 3 is 2.74 bits per heavy atom. The molecule has 2 heterocycles. The number of carboxylic acids is 1. The molecule has 0 saturated carbocycles. The van der Waals surface area contributed by atoms with Gasteiger partial charge in [-0.15, -0.1) is 0 Å². The van der Waals surface area contributed by atoms with E-state index in [2.05, 4.69) is 24.0 Å². The highest BCUT2D eigenvalue weighted by Gasteiger charge is 2.60. The molecule has 2 aliphatic heterocycles. The molecule has 0 aliphatic carbocycles. The van der Waals surface area contributed by atoms with Gasteiger partial charge in [0.2, 0.25) is 0 Å². The number of hydrogen-bond acceptors (Lipinski definition) is 4. The molecule has 19 heavy (non-hydrogen) atoms. The van der Waals surface area contributed by atoms with Crippen LogP contribution in [-0.4, -0.2) is 29.6 Å². The number of rotatable bonds is 5. The summed E-state index contributed by atoms with van der Waals surface area (Å²) in [6.07, 6.45) is 1.58.